The number of likely N-dealkylation sites (tertiary alicyclic amines) is 1. The van der Waals surface area contributed by atoms with E-state index < -0.39 is 0 Å². The van der Waals surface area contributed by atoms with Crippen LogP contribution in [0.2, 0.25) is 0 Å². The van der Waals surface area contributed by atoms with Crippen LogP contribution in [0, 0.1) is 6.92 Å². The van der Waals surface area contributed by atoms with Crippen LogP contribution in [0.3, 0.4) is 0 Å². The summed E-state index contributed by atoms with van der Waals surface area (Å²) in [5, 5.41) is 0. The van der Waals surface area contributed by atoms with Gasteiger partial charge in [-0.05, 0) is 25.3 Å². The number of carbonyl (C=O) groups is 1. The Hall–Kier alpha value is -1.35. The van der Waals surface area contributed by atoms with Crippen molar-refractivity contribution in [2.45, 2.75) is 45.2 Å². The highest BCUT2D eigenvalue weighted by Crippen LogP contribution is 2.31. The van der Waals surface area contributed by atoms with E-state index in [1.54, 1.807) is 0 Å². The quantitative estimate of drug-likeness (QED) is 0.890. The molecule has 18 heavy (non-hydrogen) atoms. The minimum Gasteiger partial charge on any atom is -0.334 e. The molecule has 1 heterocycles. The van der Waals surface area contributed by atoms with Gasteiger partial charge < -0.3 is 10.6 Å². The first kappa shape index (κ1) is 13.1. The fourth-order valence-corrected chi connectivity index (χ4v) is 2.76. The maximum atomic E-state index is 12.1. The van der Waals surface area contributed by atoms with Gasteiger partial charge in [-0.25, -0.2) is 0 Å². The number of nitrogens with two attached hydrogens (primary N) is 1. The second-order valence-electron chi connectivity index (χ2n) is 5.15. The lowest BCUT2D eigenvalue weighted by Crippen LogP contribution is -2.49. The van der Waals surface area contributed by atoms with Crippen molar-refractivity contribution in [3.63, 3.8) is 0 Å². The van der Waals surface area contributed by atoms with Gasteiger partial charge in [0.05, 0.1) is 6.04 Å². The largest absolute Gasteiger partial charge is 0.334 e. The summed E-state index contributed by atoms with van der Waals surface area (Å²) in [5.41, 5.74) is 8.64. The van der Waals surface area contributed by atoms with E-state index in [1.165, 1.54) is 11.1 Å². The molecule has 1 aliphatic heterocycles. The molecule has 3 nitrogen and oxygen atoms in total. The normalized spacial score (nSPS) is 24.4. The molecule has 2 atom stereocenters. The molecular weight excluding hydrogens is 224 g/mol. The van der Waals surface area contributed by atoms with E-state index in [-0.39, 0.29) is 18.0 Å². The highest BCUT2D eigenvalue weighted by atomic mass is 16.2. The van der Waals surface area contributed by atoms with Crippen LogP contribution < -0.4 is 5.73 Å². The number of benzene rings is 1. The van der Waals surface area contributed by atoms with E-state index in [9.17, 15) is 4.79 Å². The molecule has 2 rings (SSSR count). The molecule has 1 amide bonds. The van der Waals surface area contributed by atoms with Crippen molar-refractivity contribution >= 4 is 5.91 Å². The molecule has 1 aromatic carbocycles. The first-order valence-electron chi connectivity index (χ1n) is 6.75. The Morgan fingerprint density at radius 2 is 2.22 bits per heavy atom. The first-order chi connectivity index (χ1) is 8.63. The van der Waals surface area contributed by atoms with E-state index in [2.05, 4.69) is 32.0 Å². The van der Waals surface area contributed by atoms with Crippen molar-refractivity contribution in [2.24, 2.45) is 5.73 Å². The number of rotatable bonds is 3. The van der Waals surface area contributed by atoms with E-state index in [1.807, 2.05) is 11.0 Å². The van der Waals surface area contributed by atoms with Crippen LogP contribution in [0.4, 0.5) is 0 Å². The minimum absolute atomic E-state index is 0.0473. The van der Waals surface area contributed by atoms with Gasteiger partial charge in [-0.3, -0.25) is 4.79 Å². The van der Waals surface area contributed by atoms with Crippen LogP contribution in [-0.4, -0.2) is 23.4 Å². The summed E-state index contributed by atoms with van der Waals surface area (Å²) in [6.45, 7) is 4.97. The van der Waals surface area contributed by atoms with Crippen molar-refractivity contribution in [1.82, 2.24) is 4.90 Å². The number of aryl methyl sites for hydroxylation is 1. The summed E-state index contributed by atoms with van der Waals surface area (Å²) in [6, 6.07) is 8.44. The van der Waals surface area contributed by atoms with Crippen LogP contribution in [0.15, 0.2) is 24.3 Å². The van der Waals surface area contributed by atoms with E-state index in [4.69, 9.17) is 5.73 Å². The third-order valence-corrected chi connectivity index (χ3v) is 3.60. The average Bonchev–Trinajstić information content (AvgIpc) is 2.34. The van der Waals surface area contributed by atoms with Crippen LogP contribution >= 0.6 is 0 Å². The second-order valence-corrected chi connectivity index (χ2v) is 5.15. The second kappa shape index (κ2) is 5.53. The molecule has 98 valence electrons. The SMILES string of the molecule is CCCN1C(=O)CCC(N)C1c1cccc(C)c1. The zero-order valence-electron chi connectivity index (χ0n) is 11.2. The Bertz CT molecular complexity index is 430. The number of hydrogen-bond donors (Lipinski definition) is 1. The Morgan fingerprint density at radius 3 is 2.89 bits per heavy atom. The molecule has 0 spiro atoms. The van der Waals surface area contributed by atoms with Gasteiger partial charge in [0.2, 0.25) is 5.91 Å². The summed E-state index contributed by atoms with van der Waals surface area (Å²) in [5.74, 6) is 0.241. The number of amides is 1. The van der Waals surface area contributed by atoms with Crippen LogP contribution in [0.1, 0.15) is 43.4 Å². The van der Waals surface area contributed by atoms with Crippen LogP contribution in [0.5, 0.6) is 0 Å². The van der Waals surface area contributed by atoms with Gasteiger partial charge in [0.25, 0.3) is 0 Å². The summed E-state index contributed by atoms with van der Waals surface area (Å²) < 4.78 is 0. The monoisotopic (exact) mass is 246 g/mol. The van der Waals surface area contributed by atoms with Crippen molar-refractivity contribution < 1.29 is 4.79 Å². The van der Waals surface area contributed by atoms with Gasteiger partial charge in [0, 0.05) is 19.0 Å². The lowest BCUT2D eigenvalue weighted by Gasteiger charge is -2.40. The summed E-state index contributed by atoms with van der Waals surface area (Å²) in [7, 11) is 0. The van der Waals surface area contributed by atoms with E-state index in [0.29, 0.717) is 6.42 Å². The summed E-state index contributed by atoms with van der Waals surface area (Å²) in [6.07, 6.45) is 2.35. The van der Waals surface area contributed by atoms with Crippen molar-refractivity contribution in [1.29, 1.82) is 0 Å². The predicted molar refractivity (Wildman–Crippen MR) is 73.1 cm³/mol. The topological polar surface area (TPSA) is 46.3 Å². The highest BCUT2D eigenvalue weighted by molar-refractivity contribution is 5.78. The fraction of sp³-hybridized carbons (Fsp3) is 0.533. The summed E-state index contributed by atoms with van der Waals surface area (Å²) >= 11 is 0. The molecule has 1 aromatic rings. The first-order valence-corrected chi connectivity index (χ1v) is 6.75. The van der Waals surface area contributed by atoms with Crippen LogP contribution in [-0.2, 0) is 4.79 Å². The predicted octanol–water partition coefficient (Wildman–Crippen LogP) is 2.40. The number of hydrogen-bond acceptors (Lipinski definition) is 2. The molecule has 1 aliphatic rings. The van der Waals surface area contributed by atoms with Gasteiger partial charge in [-0.2, -0.15) is 0 Å². The maximum absolute atomic E-state index is 12.1. The Kier molecular flexibility index (Phi) is 4.02. The maximum Gasteiger partial charge on any atom is 0.223 e. The molecule has 0 aromatic heterocycles. The molecule has 1 fully saturated rings. The standard InChI is InChI=1S/C15H22N2O/c1-3-9-17-14(18)8-7-13(16)15(17)12-6-4-5-11(2)10-12/h4-6,10,13,15H,3,7-9,16H2,1-2H3. The number of nitrogens with zero attached hydrogens (tertiary/aromatic N) is 1. The molecule has 0 aliphatic carbocycles. The Morgan fingerprint density at radius 1 is 1.44 bits per heavy atom. The third kappa shape index (κ3) is 2.56. The highest BCUT2D eigenvalue weighted by Gasteiger charge is 2.34. The van der Waals surface area contributed by atoms with Crippen molar-refractivity contribution in [3.8, 4) is 0 Å². The molecule has 1 saturated heterocycles. The van der Waals surface area contributed by atoms with Crippen molar-refractivity contribution in [3.05, 3.63) is 35.4 Å². The Labute approximate surface area is 109 Å². The van der Waals surface area contributed by atoms with Gasteiger partial charge >= 0.3 is 0 Å². The van der Waals surface area contributed by atoms with E-state index >= 15 is 0 Å². The molecule has 2 unspecified atom stereocenters. The molecule has 0 radical (unpaired) electrons. The van der Waals surface area contributed by atoms with Crippen LogP contribution in [0.25, 0.3) is 0 Å². The van der Waals surface area contributed by atoms with Gasteiger partial charge in [-0.15, -0.1) is 0 Å². The fourth-order valence-electron chi connectivity index (χ4n) is 2.76. The lowest BCUT2D eigenvalue weighted by molar-refractivity contribution is -0.137. The third-order valence-electron chi connectivity index (χ3n) is 3.60. The Balaban J connectivity index is 2.33. The van der Waals surface area contributed by atoms with Crippen molar-refractivity contribution in [2.75, 3.05) is 6.54 Å². The molecule has 0 saturated carbocycles. The number of piperidine rings is 1. The minimum atomic E-state index is 0.0473. The molecule has 0 bridgehead atoms. The van der Waals surface area contributed by atoms with E-state index in [0.717, 1.165) is 19.4 Å². The molecule has 2 N–H and O–H groups in total. The zero-order valence-corrected chi connectivity index (χ0v) is 11.2. The van der Waals surface area contributed by atoms with Gasteiger partial charge in [0.1, 0.15) is 0 Å². The van der Waals surface area contributed by atoms with Gasteiger partial charge in [0.15, 0.2) is 0 Å². The summed E-state index contributed by atoms with van der Waals surface area (Å²) in [4.78, 5) is 14.0. The molecule has 3 heteroatoms. The number of carbonyl (C=O) groups excluding carboxylic acids is 1. The zero-order chi connectivity index (χ0) is 13.1. The average molecular weight is 246 g/mol. The lowest BCUT2D eigenvalue weighted by atomic mass is 9.90. The molecular formula is C15H22N2O. The van der Waals surface area contributed by atoms with Gasteiger partial charge in [-0.1, -0.05) is 36.8 Å². The smallest absolute Gasteiger partial charge is 0.223 e.